The molecule has 0 radical (unpaired) electrons. The minimum atomic E-state index is -3.38. The third-order valence-corrected chi connectivity index (χ3v) is 4.61. The molecule has 0 amide bonds. The number of hydrogen-bond acceptors (Lipinski definition) is 3. The van der Waals surface area contributed by atoms with Gasteiger partial charge in [-0.1, -0.05) is 6.08 Å². The Hall–Kier alpha value is -0.430. The first-order chi connectivity index (χ1) is 7.87. The summed E-state index contributed by atoms with van der Waals surface area (Å²) in [5.74, 6) is 0. The Morgan fingerprint density at radius 1 is 1.41 bits per heavy atom. The third-order valence-electron chi connectivity index (χ3n) is 2.48. The van der Waals surface area contributed by atoms with Crippen molar-refractivity contribution in [2.75, 3.05) is 33.7 Å². The number of nitrogens with one attached hydrogen (secondary N) is 1. The monoisotopic (exact) mass is 263 g/mol. The zero-order valence-electron chi connectivity index (χ0n) is 11.3. The average Bonchev–Trinajstić information content (AvgIpc) is 2.25. The minimum Gasteiger partial charge on any atom is -0.320 e. The summed E-state index contributed by atoms with van der Waals surface area (Å²) in [5.41, 5.74) is 0. The van der Waals surface area contributed by atoms with E-state index in [-0.39, 0.29) is 6.04 Å². The fraction of sp³-hybridized carbons (Fsp3) is 0.818. The lowest BCUT2D eigenvalue weighted by molar-refractivity contribution is 0.336. The van der Waals surface area contributed by atoms with E-state index in [1.807, 2.05) is 20.9 Å². The third kappa shape index (κ3) is 5.16. The molecule has 0 saturated carbocycles. The molecular formula is C11H25N3O2S. The molecule has 0 bridgehead atoms. The van der Waals surface area contributed by atoms with Gasteiger partial charge in [0.1, 0.15) is 0 Å². The maximum absolute atomic E-state index is 12.2. The van der Waals surface area contributed by atoms with Gasteiger partial charge >= 0.3 is 0 Å². The predicted octanol–water partition coefficient (Wildman–Crippen LogP) is 0.669. The maximum atomic E-state index is 12.2. The van der Waals surface area contributed by atoms with Crippen molar-refractivity contribution in [3.05, 3.63) is 12.7 Å². The van der Waals surface area contributed by atoms with Crippen LogP contribution in [0, 0.1) is 0 Å². The van der Waals surface area contributed by atoms with Gasteiger partial charge in [0.25, 0.3) is 10.2 Å². The molecule has 0 aliphatic heterocycles. The maximum Gasteiger partial charge on any atom is 0.282 e. The highest BCUT2D eigenvalue weighted by Crippen LogP contribution is 2.11. The first-order valence-corrected chi connectivity index (χ1v) is 7.26. The fourth-order valence-corrected chi connectivity index (χ4v) is 3.02. The highest BCUT2D eigenvalue weighted by molar-refractivity contribution is 7.86. The molecule has 0 spiro atoms. The van der Waals surface area contributed by atoms with Crippen LogP contribution in [0.5, 0.6) is 0 Å². The van der Waals surface area contributed by atoms with Crippen LogP contribution in [0.2, 0.25) is 0 Å². The topological polar surface area (TPSA) is 52.7 Å². The quantitative estimate of drug-likeness (QED) is 0.491. The predicted molar refractivity (Wildman–Crippen MR) is 72.1 cm³/mol. The molecule has 0 heterocycles. The molecule has 0 rings (SSSR count). The highest BCUT2D eigenvalue weighted by Gasteiger charge is 2.27. The van der Waals surface area contributed by atoms with Gasteiger partial charge < -0.3 is 5.32 Å². The van der Waals surface area contributed by atoms with Crippen molar-refractivity contribution in [1.29, 1.82) is 0 Å². The molecule has 17 heavy (non-hydrogen) atoms. The molecule has 0 atom stereocenters. The van der Waals surface area contributed by atoms with Crippen LogP contribution in [-0.4, -0.2) is 56.8 Å². The average molecular weight is 263 g/mol. The Morgan fingerprint density at radius 2 is 2.00 bits per heavy atom. The van der Waals surface area contributed by atoms with Crippen LogP contribution < -0.4 is 5.32 Å². The molecule has 0 saturated heterocycles. The Labute approximate surface area is 106 Å². The molecule has 6 heteroatoms. The SMILES string of the molecule is C=CCN(C(C)C)S(=O)(=O)N(C)CCCNC. The van der Waals surface area contributed by atoms with Gasteiger partial charge in [0.15, 0.2) is 0 Å². The number of hydrogen-bond donors (Lipinski definition) is 1. The van der Waals surface area contributed by atoms with Crippen LogP contribution in [0.4, 0.5) is 0 Å². The second-order valence-electron chi connectivity index (χ2n) is 4.24. The van der Waals surface area contributed by atoms with Crippen LogP contribution in [0.1, 0.15) is 20.3 Å². The van der Waals surface area contributed by atoms with E-state index in [1.54, 1.807) is 13.1 Å². The number of nitrogens with zero attached hydrogens (tertiary/aromatic N) is 2. The van der Waals surface area contributed by atoms with Crippen LogP contribution in [0.15, 0.2) is 12.7 Å². The minimum absolute atomic E-state index is 0.0650. The Balaban J connectivity index is 4.65. The van der Waals surface area contributed by atoms with E-state index in [9.17, 15) is 8.42 Å². The van der Waals surface area contributed by atoms with Crippen molar-refractivity contribution in [3.8, 4) is 0 Å². The van der Waals surface area contributed by atoms with Gasteiger partial charge in [0, 0.05) is 26.2 Å². The summed E-state index contributed by atoms with van der Waals surface area (Å²) in [6.45, 7) is 8.99. The summed E-state index contributed by atoms with van der Waals surface area (Å²) < 4.78 is 27.3. The normalized spacial score (nSPS) is 12.6. The summed E-state index contributed by atoms with van der Waals surface area (Å²) in [4.78, 5) is 0. The second-order valence-corrected chi connectivity index (χ2v) is 6.23. The smallest absolute Gasteiger partial charge is 0.282 e. The van der Waals surface area contributed by atoms with E-state index in [0.717, 1.165) is 13.0 Å². The largest absolute Gasteiger partial charge is 0.320 e. The molecule has 1 N–H and O–H groups in total. The van der Waals surface area contributed by atoms with Crippen LogP contribution >= 0.6 is 0 Å². The summed E-state index contributed by atoms with van der Waals surface area (Å²) >= 11 is 0. The van der Waals surface area contributed by atoms with Crippen LogP contribution in [-0.2, 0) is 10.2 Å². The van der Waals surface area contributed by atoms with Crippen molar-refractivity contribution in [3.63, 3.8) is 0 Å². The molecule has 0 unspecified atom stereocenters. The van der Waals surface area contributed by atoms with E-state index in [1.165, 1.54) is 8.61 Å². The zero-order chi connectivity index (χ0) is 13.5. The Bertz CT molecular complexity index is 315. The van der Waals surface area contributed by atoms with Crippen LogP contribution in [0.3, 0.4) is 0 Å². The lowest BCUT2D eigenvalue weighted by Crippen LogP contribution is -2.46. The molecule has 0 aliphatic carbocycles. The van der Waals surface area contributed by atoms with Crippen molar-refractivity contribution in [1.82, 2.24) is 13.9 Å². The molecule has 5 nitrogen and oxygen atoms in total. The van der Waals surface area contributed by atoms with E-state index in [0.29, 0.717) is 13.1 Å². The second kappa shape index (κ2) is 7.81. The van der Waals surface area contributed by atoms with Gasteiger partial charge in [0.05, 0.1) is 0 Å². The van der Waals surface area contributed by atoms with E-state index in [2.05, 4.69) is 11.9 Å². The van der Waals surface area contributed by atoms with Gasteiger partial charge in [-0.2, -0.15) is 17.0 Å². The summed E-state index contributed by atoms with van der Waals surface area (Å²) in [5, 5.41) is 3.00. The fourth-order valence-electron chi connectivity index (χ4n) is 1.47. The van der Waals surface area contributed by atoms with E-state index in [4.69, 9.17) is 0 Å². The lowest BCUT2D eigenvalue weighted by atomic mass is 10.4. The van der Waals surface area contributed by atoms with E-state index >= 15 is 0 Å². The first-order valence-electron chi connectivity index (χ1n) is 5.86. The van der Waals surface area contributed by atoms with Gasteiger partial charge in [-0.05, 0) is 33.9 Å². The molecule has 102 valence electrons. The highest BCUT2D eigenvalue weighted by atomic mass is 32.2. The molecule has 0 aromatic rings. The van der Waals surface area contributed by atoms with Crippen molar-refractivity contribution < 1.29 is 8.42 Å². The Morgan fingerprint density at radius 3 is 2.41 bits per heavy atom. The summed E-state index contributed by atoms with van der Waals surface area (Å²) in [6.07, 6.45) is 2.41. The molecule has 0 aromatic carbocycles. The molecule has 0 aliphatic rings. The summed E-state index contributed by atoms with van der Waals surface area (Å²) in [6, 6.07) is -0.0650. The lowest BCUT2D eigenvalue weighted by Gasteiger charge is -2.29. The number of rotatable bonds is 9. The van der Waals surface area contributed by atoms with Gasteiger partial charge in [0.2, 0.25) is 0 Å². The standard InChI is InChI=1S/C11H25N3O2S/c1-6-9-14(11(2)3)17(15,16)13(5)10-7-8-12-4/h6,11-12H,1,7-10H2,2-5H3. The zero-order valence-corrected chi connectivity index (χ0v) is 12.1. The van der Waals surface area contributed by atoms with E-state index < -0.39 is 10.2 Å². The van der Waals surface area contributed by atoms with Gasteiger partial charge in [-0.15, -0.1) is 6.58 Å². The van der Waals surface area contributed by atoms with Crippen LogP contribution in [0.25, 0.3) is 0 Å². The molecule has 0 aromatic heterocycles. The van der Waals surface area contributed by atoms with Gasteiger partial charge in [-0.3, -0.25) is 0 Å². The first kappa shape index (κ1) is 16.6. The van der Waals surface area contributed by atoms with Crippen molar-refractivity contribution in [2.24, 2.45) is 0 Å². The van der Waals surface area contributed by atoms with Crippen molar-refractivity contribution in [2.45, 2.75) is 26.3 Å². The summed E-state index contributed by atoms with van der Waals surface area (Å²) in [7, 11) is 0.0930. The Kier molecular flexibility index (Phi) is 7.61. The van der Waals surface area contributed by atoms with Gasteiger partial charge in [-0.25, -0.2) is 0 Å². The van der Waals surface area contributed by atoms with Crippen molar-refractivity contribution >= 4 is 10.2 Å². The molecule has 0 fully saturated rings. The molecular weight excluding hydrogens is 238 g/mol.